The van der Waals surface area contributed by atoms with Crippen LogP contribution in [0.1, 0.15) is 26.6 Å². The number of hydrogen-bond donors (Lipinski definition) is 0. The lowest BCUT2D eigenvalue weighted by molar-refractivity contribution is 0.128. The zero-order valence-electron chi connectivity index (χ0n) is 12.6. The number of likely N-dealkylation sites (N-methyl/N-ethyl adjacent to an activating group) is 1. The van der Waals surface area contributed by atoms with E-state index in [4.69, 9.17) is 16.3 Å². The summed E-state index contributed by atoms with van der Waals surface area (Å²) >= 11 is 6.11. The van der Waals surface area contributed by atoms with E-state index in [2.05, 4.69) is 40.7 Å². The van der Waals surface area contributed by atoms with Crippen molar-refractivity contribution in [2.75, 3.05) is 31.6 Å². The van der Waals surface area contributed by atoms with E-state index in [1.165, 1.54) is 0 Å². The molecule has 1 aliphatic heterocycles. The van der Waals surface area contributed by atoms with Gasteiger partial charge >= 0.3 is 0 Å². The minimum atomic E-state index is 0.406. The SMILES string of the molecule is CCOCc1nc(Cl)cc(N2CC(C)N(C)C(C)C2)n1. The summed E-state index contributed by atoms with van der Waals surface area (Å²) in [6.45, 7) is 9.36. The molecule has 1 fully saturated rings. The maximum atomic E-state index is 6.11. The Morgan fingerprint density at radius 2 is 1.95 bits per heavy atom. The van der Waals surface area contributed by atoms with E-state index >= 15 is 0 Å². The van der Waals surface area contributed by atoms with Crippen LogP contribution in [0.3, 0.4) is 0 Å². The Morgan fingerprint density at radius 3 is 2.55 bits per heavy atom. The first-order chi connectivity index (χ1) is 9.51. The molecule has 1 saturated heterocycles. The first-order valence-electron chi connectivity index (χ1n) is 7.09. The van der Waals surface area contributed by atoms with Crippen LogP contribution in [-0.2, 0) is 11.3 Å². The van der Waals surface area contributed by atoms with Crippen molar-refractivity contribution in [3.8, 4) is 0 Å². The highest BCUT2D eigenvalue weighted by atomic mass is 35.5. The molecule has 0 aromatic carbocycles. The molecule has 2 heterocycles. The highest BCUT2D eigenvalue weighted by molar-refractivity contribution is 6.29. The molecule has 0 radical (unpaired) electrons. The molecule has 2 atom stereocenters. The standard InChI is InChI=1S/C14H23ClN4O/c1-5-20-9-13-16-12(15)6-14(17-13)19-7-10(2)18(4)11(3)8-19/h6,10-11H,5,7-9H2,1-4H3. The molecule has 1 aliphatic rings. The summed E-state index contributed by atoms with van der Waals surface area (Å²) in [6, 6.07) is 2.81. The fourth-order valence-electron chi connectivity index (χ4n) is 2.46. The number of anilines is 1. The zero-order chi connectivity index (χ0) is 14.7. The summed E-state index contributed by atoms with van der Waals surface area (Å²) in [6.07, 6.45) is 0. The molecule has 0 saturated carbocycles. The van der Waals surface area contributed by atoms with Crippen LogP contribution in [0.4, 0.5) is 5.82 Å². The number of aromatic nitrogens is 2. The van der Waals surface area contributed by atoms with Crippen LogP contribution in [0.15, 0.2) is 6.07 Å². The van der Waals surface area contributed by atoms with Gasteiger partial charge in [-0.1, -0.05) is 11.6 Å². The third-order valence-corrected chi connectivity index (χ3v) is 4.04. The fraction of sp³-hybridized carbons (Fsp3) is 0.714. The monoisotopic (exact) mass is 298 g/mol. The van der Waals surface area contributed by atoms with Crippen LogP contribution >= 0.6 is 11.6 Å². The summed E-state index contributed by atoms with van der Waals surface area (Å²) in [5.74, 6) is 1.54. The normalized spacial score (nSPS) is 24.1. The van der Waals surface area contributed by atoms with Crippen molar-refractivity contribution in [1.29, 1.82) is 0 Å². The maximum Gasteiger partial charge on any atom is 0.158 e. The summed E-state index contributed by atoms with van der Waals surface area (Å²) in [4.78, 5) is 13.5. The predicted molar refractivity (Wildman–Crippen MR) is 81.3 cm³/mol. The largest absolute Gasteiger partial charge is 0.374 e. The molecule has 0 spiro atoms. The Bertz CT molecular complexity index is 445. The molecule has 5 nitrogen and oxygen atoms in total. The van der Waals surface area contributed by atoms with Crippen molar-refractivity contribution in [3.63, 3.8) is 0 Å². The van der Waals surface area contributed by atoms with Gasteiger partial charge in [0.25, 0.3) is 0 Å². The summed E-state index contributed by atoms with van der Waals surface area (Å²) in [7, 11) is 2.17. The second-order valence-corrected chi connectivity index (χ2v) is 5.76. The summed E-state index contributed by atoms with van der Waals surface area (Å²) in [5, 5.41) is 0.476. The van der Waals surface area contributed by atoms with Crippen molar-refractivity contribution < 1.29 is 4.74 Å². The molecule has 1 aromatic rings. The summed E-state index contributed by atoms with van der Waals surface area (Å²) < 4.78 is 5.37. The van der Waals surface area contributed by atoms with Crippen LogP contribution in [-0.4, -0.2) is 53.7 Å². The number of rotatable bonds is 4. The first-order valence-corrected chi connectivity index (χ1v) is 7.47. The van der Waals surface area contributed by atoms with E-state index < -0.39 is 0 Å². The highest BCUT2D eigenvalue weighted by Crippen LogP contribution is 2.22. The molecule has 0 amide bonds. The predicted octanol–water partition coefficient (Wildman–Crippen LogP) is 2.20. The van der Waals surface area contributed by atoms with E-state index in [1.807, 2.05) is 13.0 Å². The highest BCUT2D eigenvalue weighted by Gasteiger charge is 2.27. The second-order valence-electron chi connectivity index (χ2n) is 5.37. The topological polar surface area (TPSA) is 41.5 Å². The number of nitrogens with zero attached hydrogens (tertiary/aromatic N) is 4. The van der Waals surface area contributed by atoms with E-state index in [0.717, 1.165) is 18.9 Å². The first kappa shape index (κ1) is 15.5. The number of hydrogen-bond acceptors (Lipinski definition) is 5. The maximum absolute atomic E-state index is 6.11. The van der Waals surface area contributed by atoms with E-state index in [9.17, 15) is 0 Å². The van der Waals surface area contributed by atoms with Crippen molar-refractivity contribution >= 4 is 17.4 Å². The molecular formula is C14H23ClN4O. The lowest BCUT2D eigenvalue weighted by atomic mass is 10.1. The van der Waals surface area contributed by atoms with Crippen molar-refractivity contribution in [2.24, 2.45) is 0 Å². The Kier molecular flexibility index (Phi) is 5.18. The minimum Gasteiger partial charge on any atom is -0.374 e. The smallest absolute Gasteiger partial charge is 0.158 e. The van der Waals surface area contributed by atoms with Gasteiger partial charge in [-0.2, -0.15) is 0 Å². The van der Waals surface area contributed by atoms with Crippen LogP contribution in [0.25, 0.3) is 0 Å². The van der Waals surface area contributed by atoms with Gasteiger partial charge in [-0.05, 0) is 27.8 Å². The zero-order valence-corrected chi connectivity index (χ0v) is 13.4. The Labute approximate surface area is 125 Å². The molecular weight excluding hydrogens is 276 g/mol. The van der Waals surface area contributed by atoms with Gasteiger partial charge in [-0.3, -0.25) is 4.90 Å². The van der Waals surface area contributed by atoms with Gasteiger partial charge in [0.05, 0.1) is 0 Å². The van der Waals surface area contributed by atoms with Crippen LogP contribution in [0.5, 0.6) is 0 Å². The molecule has 1 aromatic heterocycles. The fourth-order valence-corrected chi connectivity index (χ4v) is 2.66. The third kappa shape index (κ3) is 3.59. The number of piperazine rings is 1. The van der Waals surface area contributed by atoms with Crippen molar-refractivity contribution in [2.45, 2.75) is 39.5 Å². The molecule has 0 bridgehead atoms. The van der Waals surface area contributed by atoms with E-state index in [1.54, 1.807) is 0 Å². The number of ether oxygens (including phenoxy) is 1. The van der Waals surface area contributed by atoms with Crippen LogP contribution in [0, 0.1) is 0 Å². The third-order valence-electron chi connectivity index (χ3n) is 3.85. The molecule has 20 heavy (non-hydrogen) atoms. The lowest BCUT2D eigenvalue weighted by Crippen LogP contribution is -2.55. The Balaban J connectivity index is 2.17. The molecule has 2 unspecified atom stereocenters. The number of halogens is 1. The van der Waals surface area contributed by atoms with E-state index in [0.29, 0.717) is 36.3 Å². The second kappa shape index (κ2) is 6.70. The van der Waals surface area contributed by atoms with Gasteiger partial charge in [-0.25, -0.2) is 9.97 Å². The molecule has 112 valence electrons. The van der Waals surface area contributed by atoms with Gasteiger partial charge in [-0.15, -0.1) is 0 Å². The molecule has 2 rings (SSSR count). The van der Waals surface area contributed by atoms with Gasteiger partial charge in [0.15, 0.2) is 5.82 Å². The average Bonchev–Trinajstić information content (AvgIpc) is 2.41. The molecule has 0 N–H and O–H groups in total. The summed E-state index contributed by atoms with van der Waals surface area (Å²) in [5.41, 5.74) is 0. The van der Waals surface area contributed by atoms with Gasteiger partial charge in [0, 0.05) is 37.8 Å². The average molecular weight is 299 g/mol. The Hall–Kier alpha value is -0.910. The van der Waals surface area contributed by atoms with Crippen molar-refractivity contribution in [3.05, 3.63) is 17.0 Å². The van der Waals surface area contributed by atoms with Gasteiger partial charge < -0.3 is 9.64 Å². The van der Waals surface area contributed by atoms with Crippen LogP contribution in [0.2, 0.25) is 5.15 Å². The minimum absolute atomic E-state index is 0.406. The molecule has 0 aliphatic carbocycles. The van der Waals surface area contributed by atoms with Crippen molar-refractivity contribution in [1.82, 2.24) is 14.9 Å². The van der Waals surface area contributed by atoms with Crippen LogP contribution < -0.4 is 4.90 Å². The van der Waals surface area contributed by atoms with Gasteiger partial charge in [0.1, 0.15) is 17.6 Å². The quantitative estimate of drug-likeness (QED) is 0.797. The van der Waals surface area contributed by atoms with Gasteiger partial charge in [0.2, 0.25) is 0 Å². The lowest BCUT2D eigenvalue weighted by Gasteiger charge is -2.43. The molecule has 6 heteroatoms. The van der Waals surface area contributed by atoms with E-state index in [-0.39, 0.29) is 0 Å². The Morgan fingerprint density at radius 1 is 1.30 bits per heavy atom.